The van der Waals surface area contributed by atoms with Crippen LogP contribution in [0.2, 0.25) is 0 Å². The number of hydrogen-bond donors (Lipinski definition) is 0. The molecule has 0 aromatic carbocycles. The van der Waals surface area contributed by atoms with Gasteiger partial charge in [-0.1, -0.05) is 44.8 Å². The van der Waals surface area contributed by atoms with Gasteiger partial charge in [0, 0.05) is 5.92 Å². The Bertz CT molecular complexity index is 649. The van der Waals surface area contributed by atoms with E-state index in [4.69, 9.17) is 17.3 Å². The van der Waals surface area contributed by atoms with Crippen LogP contribution in [0.5, 0.6) is 0 Å². The van der Waals surface area contributed by atoms with Crippen molar-refractivity contribution in [1.82, 2.24) is 9.78 Å². The molecule has 2 saturated carbocycles. The van der Waals surface area contributed by atoms with Crippen LogP contribution in [-0.4, -0.2) is 9.78 Å². The Morgan fingerprint density at radius 2 is 1.56 bits per heavy atom. The number of aromatic nitrogens is 2. The lowest BCUT2D eigenvalue weighted by molar-refractivity contribution is 0.293. The zero-order valence-electron chi connectivity index (χ0n) is 15.9. The quantitative estimate of drug-likeness (QED) is 0.561. The van der Waals surface area contributed by atoms with E-state index in [9.17, 15) is 0 Å². The highest BCUT2D eigenvalue weighted by Gasteiger charge is 2.29. The Labute approximate surface area is 158 Å². The van der Waals surface area contributed by atoms with Crippen LogP contribution < -0.4 is 0 Å². The van der Waals surface area contributed by atoms with Gasteiger partial charge in [-0.25, -0.2) is 0 Å². The molecule has 3 heteroatoms. The molecule has 0 N–H and O–H groups in total. The van der Waals surface area contributed by atoms with Gasteiger partial charge in [-0.2, -0.15) is 5.10 Å². The van der Waals surface area contributed by atoms with Crippen LogP contribution >= 0.6 is 12.2 Å². The molecule has 0 unspecified atom stereocenters. The van der Waals surface area contributed by atoms with Crippen molar-refractivity contribution in [2.24, 2.45) is 5.92 Å². The molecule has 4 rings (SSSR count). The highest BCUT2D eigenvalue weighted by Crippen LogP contribution is 2.40. The van der Waals surface area contributed by atoms with Gasteiger partial charge in [0.05, 0.1) is 11.7 Å². The second kappa shape index (κ2) is 7.90. The molecule has 2 nitrogen and oxygen atoms in total. The minimum Gasteiger partial charge on any atom is -0.251 e. The number of fused-ring (bicyclic) bond motifs is 1. The third kappa shape index (κ3) is 3.59. The Kier molecular flexibility index (Phi) is 5.59. The molecule has 0 amide bonds. The molecule has 1 aromatic heterocycles. The Balaban J connectivity index is 1.70. The third-order valence-corrected chi connectivity index (χ3v) is 7.62. The van der Waals surface area contributed by atoms with Crippen molar-refractivity contribution in [3.05, 3.63) is 21.5 Å². The van der Waals surface area contributed by atoms with E-state index in [1.54, 1.807) is 5.56 Å². The van der Waals surface area contributed by atoms with E-state index >= 15 is 0 Å². The fourth-order valence-corrected chi connectivity index (χ4v) is 5.94. The van der Waals surface area contributed by atoms with E-state index in [1.807, 2.05) is 0 Å². The first-order valence-corrected chi connectivity index (χ1v) is 11.3. The van der Waals surface area contributed by atoms with Gasteiger partial charge in [-0.3, -0.25) is 4.68 Å². The number of hydrogen-bond acceptors (Lipinski definition) is 2. The maximum absolute atomic E-state index is 5.96. The lowest BCUT2D eigenvalue weighted by atomic mass is 9.77. The summed E-state index contributed by atoms with van der Waals surface area (Å²) in [4.78, 5) is 0. The minimum absolute atomic E-state index is 0.569. The summed E-state index contributed by atoms with van der Waals surface area (Å²) in [6.07, 6.45) is 18.6. The van der Waals surface area contributed by atoms with Gasteiger partial charge in [0.2, 0.25) is 0 Å². The second-order valence-electron chi connectivity index (χ2n) is 8.72. The van der Waals surface area contributed by atoms with E-state index < -0.39 is 0 Å². The van der Waals surface area contributed by atoms with E-state index in [-0.39, 0.29) is 0 Å². The van der Waals surface area contributed by atoms with Crippen LogP contribution in [0.4, 0.5) is 0 Å². The first-order valence-electron chi connectivity index (χ1n) is 10.9. The van der Waals surface area contributed by atoms with Crippen LogP contribution in [0.1, 0.15) is 113 Å². The van der Waals surface area contributed by atoms with Gasteiger partial charge in [-0.05, 0) is 81.3 Å². The van der Waals surface area contributed by atoms with Gasteiger partial charge in [0.25, 0.3) is 0 Å². The number of rotatable bonds is 3. The van der Waals surface area contributed by atoms with Crippen molar-refractivity contribution in [3.63, 3.8) is 0 Å². The molecular weight excluding hydrogens is 324 g/mol. The molecule has 3 aliphatic rings. The Morgan fingerprint density at radius 3 is 2.24 bits per heavy atom. The van der Waals surface area contributed by atoms with Gasteiger partial charge in [0.1, 0.15) is 4.64 Å². The summed E-state index contributed by atoms with van der Waals surface area (Å²) < 4.78 is 3.41. The SMILES string of the molecule is CCC1CCC(c2nn(C3CCCCC3)c(=S)c3c2CCCC3)CC1. The van der Waals surface area contributed by atoms with Crippen LogP contribution in [-0.2, 0) is 12.8 Å². The first kappa shape index (κ1) is 17.7. The van der Waals surface area contributed by atoms with Gasteiger partial charge in [0.15, 0.2) is 0 Å². The third-order valence-electron chi connectivity index (χ3n) is 7.19. The van der Waals surface area contributed by atoms with Crippen molar-refractivity contribution < 1.29 is 0 Å². The molecule has 25 heavy (non-hydrogen) atoms. The van der Waals surface area contributed by atoms with Crippen LogP contribution in [0.3, 0.4) is 0 Å². The van der Waals surface area contributed by atoms with Gasteiger partial charge < -0.3 is 0 Å². The van der Waals surface area contributed by atoms with Gasteiger partial charge >= 0.3 is 0 Å². The smallest absolute Gasteiger partial charge is 0.126 e. The Hall–Kier alpha value is -0.700. The highest BCUT2D eigenvalue weighted by molar-refractivity contribution is 7.71. The van der Waals surface area contributed by atoms with E-state index in [2.05, 4.69) is 11.6 Å². The first-order chi connectivity index (χ1) is 12.3. The standard InChI is InChI=1S/C22H34N2S/c1-2-16-12-14-17(15-13-16)21-19-10-6-7-11-20(19)22(25)24(23-21)18-8-4-3-5-9-18/h16-18H,2-15H2,1H3. The van der Waals surface area contributed by atoms with Crippen LogP contribution in [0.15, 0.2) is 0 Å². The molecule has 2 fully saturated rings. The maximum Gasteiger partial charge on any atom is 0.126 e. The zero-order valence-corrected chi connectivity index (χ0v) is 16.8. The maximum atomic E-state index is 5.96. The largest absolute Gasteiger partial charge is 0.251 e. The summed E-state index contributed by atoms with van der Waals surface area (Å²) in [6, 6.07) is 0.569. The molecular formula is C22H34N2S. The lowest BCUT2D eigenvalue weighted by Gasteiger charge is -2.33. The summed E-state index contributed by atoms with van der Waals surface area (Å²) in [5.74, 6) is 1.65. The van der Waals surface area contributed by atoms with Crippen molar-refractivity contribution >= 4 is 12.2 Å². The zero-order chi connectivity index (χ0) is 17.2. The topological polar surface area (TPSA) is 17.8 Å². The molecule has 1 aromatic rings. The van der Waals surface area contributed by atoms with Crippen LogP contribution in [0.25, 0.3) is 0 Å². The molecule has 1 heterocycles. The van der Waals surface area contributed by atoms with Crippen molar-refractivity contribution in [3.8, 4) is 0 Å². The molecule has 0 saturated heterocycles. The molecule has 3 aliphatic carbocycles. The van der Waals surface area contributed by atoms with Crippen molar-refractivity contribution in [2.75, 3.05) is 0 Å². The van der Waals surface area contributed by atoms with Crippen molar-refractivity contribution in [1.29, 1.82) is 0 Å². The van der Waals surface area contributed by atoms with Crippen molar-refractivity contribution in [2.45, 2.75) is 109 Å². The molecule has 0 atom stereocenters. The van der Waals surface area contributed by atoms with Gasteiger partial charge in [-0.15, -0.1) is 0 Å². The summed E-state index contributed by atoms with van der Waals surface area (Å²) >= 11 is 5.96. The summed E-state index contributed by atoms with van der Waals surface area (Å²) in [6.45, 7) is 2.36. The van der Waals surface area contributed by atoms with E-state index in [0.29, 0.717) is 12.0 Å². The predicted molar refractivity (Wildman–Crippen MR) is 107 cm³/mol. The van der Waals surface area contributed by atoms with E-state index in [1.165, 1.54) is 101 Å². The average Bonchev–Trinajstić information content (AvgIpc) is 2.69. The number of nitrogens with zero attached hydrogens (tertiary/aromatic N) is 2. The summed E-state index contributed by atoms with van der Waals surface area (Å²) in [5, 5.41) is 5.30. The predicted octanol–water partition coefficient (Wildman–Crippen LogP) is 6.68. The normalized spacial score (nSPS) is 27.9. The summed E-state index contributed by atoms with van der Waals surface area (Å²) in [5.41, 5.74) is 4.54. The molecule has 0 bridgehead atoms. The lowest BCUT2D eigenvalue weighted by Crippen LogP contribution is -2.25. The van der Waals surface area contributed by atoms with E-state index in [0.717, 1.165) is 10.6 Å². The molecule has 0 radical (unpaired) electrons. The highest BCUT2D eigenvalue weighted by atomic mass is 32.1. The second-order valence-corrected chi connectivity index (χ2v) is 9.10. The monoisotopic (exact) mass is 358 g/mol. The fourth-order valence-electron chi connectivity index (χ4n) is 5.53. The fraction of sp³-hybridized carbons (Fsp3) is 0.818. The molecule has 138 valence electrons. The average molecular weight is 359 g/mol. The Morgan fingerprint density at radius 1 is 0.880 bits per heavy atom. The molecule has 0 aliphatic heterocycles. The summed E-state index contributed by atoms with van der Waals surface area (Å²) in [7, 11) is 0. The molecule has 0 spiro atoms. The minimum atomic E-state index is 0.569. The van der Waals surface area contributed by atoms with Crippen LogP contribution in [0, 0.1) is 10.6 Å².